The number of aromatic nitrogens is 4. The van der Waals surface area contributed by atoms with E-state index >= 15 is 0 Å². The number of imidazole rings is 1. The summed E-state index contributed by atoms with van der Waals surface area (Å²) in [5.74, 6) is 1.08. The summed E-state index contributed by atoms with van der Waals surface area (Å²) in [5, 5.41) is 6.31. The summed E-state index contributed by atoms with van der Waals surface area (Å²) in [4.78, 5) is 30.7. The summed E-state index contributed by atoms with van der Waals surface area (Å²) in [6, 6.07) is 24.5. The van der Waals surface area contributed by atoms with Crippen LogP contribution >= 0.6 is 0 Å². The molecule has 1 fully saturated rings. The van der Waals surface area contributed by atoms with Crippen molar-refractivity contribution in [2.45, 2.75) is 32.2 Å². The van der Waals surface area contributed by atoms with Crippen molar-refractivity contribution in [1.82, 2.24) is 29.2 Å². The van der Waals surface area contributed by atoms with Crippen LogP contribution in [0.25, 0.3) is 28.3 Å². The van der Waals surface area contributed by atoms with Crippen LogP contribution in [0.2, 0.25) is 0 Å². The van der Waals surface area contributed by atoms with Gasteiger partial charge in [0.15, 0.2) is 0 Å². The lowest BCUT2D eigenvalue weighted by molar-refractivity contribution is 0.230. The monoisotopic (exact) mass is 560 g/mol. The lowest BCUT2D eigenvalue weighted by Gasteiger charge is -2.20. The second-order valence-electron chi connectivity index (χ2n) is 11.2. The third-order valence-corrected chi connectivity index (χ3v) is 7.81. The Balaban J connectivity index is 1.29. The molecule has 1 unspecified atom stereocenters. The minimum atomic E-state index is -0.192. The van der Waals surface area contributed by atoms with E-state index < -0.39 is 0 Å². The lowest BCUT2D eigenvalue weighted by atomic mass is 9.98. The molecule has 6 rings (SSSR count). The molecule has 0 radical (unpaired) electrons. The SMILES string of the molecule is CC(C)N1CCC(c2ccc(Nc3nccc(-c4c(-c5cccc(NC(=O)N(C)C)c5)nc5ccccn45)n3)cc2)C1. The predicted octanol–water partition coefficient (Wildman–Crippen LogP) is 6.49. The summed E-state index contributed by atoms with van der Waals surface area (Å²) < 4.78 is 2.03. The first-order valence-electron chi connectivity index (χ1n) is 14.4. The van der Waals surface area contributed by atoms with Gasteiger partial charge in [0.2, 0.25) is 5.95 Å². The van der Waals surface area contributed by atoms with Gasteiger partial charge in [0.05, 0.1) is 17.1 Å². The normalized spacial score (nSPS) is 15.3. The molecule has 1 aliphatic rings. The standard InChI is InChI=1S/C33H36N8O/c1-22(2)40-19-16-25(21-40)23-11-13-26(14-12-23)35-32-34-17-15-28(37-32)31-30(38-29-10-5-6-18-41(29)31)24-8-7-9-27(20-24)36-33(42)39(3)4/h5-15,17-18,20,22,25H,16,19,21H2,1-4H3,(H,36,42)(H,34,35,37). The Morgan fingerprint density at radius 1 is 0.976 bits per heavy atom. The van der Waals surface area contributed by atoms with Gasteiger partial charge in [-0.1, -0.05) is 30.3 Å². The van der Waals surface area contributed by atoms with Gasteiger partial charge >= 0.3 is 6.03 Å². The van der Waals surface area contributed by atoms with Crippen molar-refractivity contribution in [2.75, 3.05) is 37.8 Å². The molecule has 0 aliphatic carbocycles. The number of fused-ring (bicyclic) bond motifs is 1. The van der Waals surface area contributed by atoms with Crippen LogP contribution in [0.4, 0.5) is 22.1 Å². The summed E-state index contributed by atoms with van der Waals surface area (Å²) in [7, 11) is 3.43. The van der Waals surface area contributed by atoms with Crippen LogP contribution in [-0.4, -0.2) is 68.4 Å². The first-order valence-corrected chi connectivity index (χ1v) is 14.4. The second kappa shape index (κ2) is 11.6. The first-order chi connectivity index (χ1) is 20.4. The quantitative estimate of drug-likeness (QED) is 0.236. The van der Waals surface area contributed by atoms with Crippen molar-refractivity contribution in [3.63, 3.8) is 0 Å². The molecule has 0 saturated carbocycles. The molecule has 9 nitrogen and oxygen atoms in total. The van der Waals surface area contributed by atoms with Gasteiger partial charge in [-0.05, 0) is 80.8 Å². The van der Waals surface area contributed by atoms with Crippen molar-refractivity contribution in [3.8, 4) is 22.6 Å². The average Bonchev–Trinajstić information content (AvgIpc) is 3.64. The fourth-order valence-electron chi connectivity index (χ4n) is 5.47. The Kier molecular flexibility index (Phi) is 7.58. The van der Waals surface area contributed by atoms with Crippen LogP contribution < -0.4 is 10.6 Å². The zero-order valence-corrected chi connectivity index (χ0v) is 24.5. The van der Waals surface area contributed by atoms with Gasteiger partial charge in [0.25, 0.3) is 0 Å². The van der Waals surface area contributed by atoms with Crippen LogP contribution in [-0.2, 0) is 0 Å². The van der Waals surface area contributed by atoms with Gasteiger partial charge in [0.1, 0.15) is 5.65 Å². The van der Waals surface area contributed by atoms with E-state index in [-0.39, 0.29) is 6.03 Å². The molecule has 2 aromatic carbocycles. The van der Waals surface area contributed by atoms with Crippen molar-refractivity contribution < 1.29 is 4.79 Å². The largest absolute Gasteiger partial charge is 0.331 e. The lowest BCUT2D eigenvalue weighted by Crippen LogP contribution is -2.27. The molecule has 9 heteroatoms. The van der Waals surface area contributed by atoms with E-state index in [9.17, 15) is 4.79 Å². The smallest absolute Gasteiger partial charge is 0.321 e. The highest BCUT2D eigenvalue weighted by molar-refractivity contribution is 5.90. The van der Waals surface area contributed by atoms with Gasteiger partial charge in [-0.25, -0.2) is 19.7 Å². The van der Waals surface area contributed by atoms with Crippen LogP contribution in [0, 0.1) is 0 Å². The Labute approximate surface area is 246 Å². The number of likely N-dealkylation sites (tertiary alicyclic amines) is 1. The van der Waals surface area contributed by atoms with Crippen LogP contribution in [0.1, 0.15) is 31.7 Å². The number of pyridine rings is 1. The van der Waals surface area contributed by atoms with Crippen molar-refractivity contribution in [2.24, 2.45) is 0 Å². The molecule has 4 heterocycles. The topological polar surface area (TPSA) is 90.7 Å². The zero-order chi connectivity index (χ0) is 29.2. The summed E-state index contributed by atoms with van der Waals surface area (Å²) in [6.45, 7) is 6.80. The van der Waals surface area contributed by atoms with E-state index in [1.807, 2.05) is 59.1 Å². The summed E-state index contributed by atoms with van der Waals surface area (Å²) >= 11 is 0. The number of hydrogen-bond acceptors (Lipinski definition) is 6. The van der Waals surface area contributed by atoms with Crippen LogP contribution in [0.15, 0.2) is 85.2 Å². The molecule has 1 atom stereocenters. The number of anilines is 3. The fourth-order valence-corrected chi connectivity index (χ4v) is 5.47. The van der Waals surface area contributed by atoms with E-state index in [0.29, 0.717) is 23.6 Å². The van der Waals surface area contributed by atoms with Crippen molar-refractivity contribution in [1.29, 1.82) is 0 Å². The van der Waals surface area contributed by atoms with Crippen molar-refractivity contribution >= 4 is 29.0 Å². The van der Waals surface area contributed by atoms with Gasteiger partial charge in [-0.3, -0.25) is 4.40 Å². The summed E-state index contributed by atoms with van der Waals surface area (Å²) in [5.41, 5.74) is 7.03. The number of urea groups is 1. The first kappa shape index (κ1) is 27.4. The highest BCUT2D eigenvalue weighted by Gasteiger charge is 2.25. The molecule has 3 aromatic heterocycles. The number of rotatable bonds is 7. The molecular weight excluding hydrogens is 524 g/mol. The van der Waals surface area contributed by atoms with Gasteiger partial charge in [-0.15, -0.1) is 0 Å². The minimum absolute atomic E-state index is 0.192. The molecule has 42 heavy (non-hydrogen) atoms. The van der Waals surface area contributed by atoms with E-state index in [1.54, 1.807) is 20.3 Å². The molecule has 1 aliphatic heterocycles. The Morgan fingerprint density at radius 2 is 1.81 bits per heavy atom. The van der Waals surface area contributed by atoms with E-state index in [4.69, 9.17) is 9.97 Å². The van der Waals surface area contributed by atoms with Gasteiger partial charge < -0.3 is 20.4 Å². The number of hydrogen-bond donors (Lipinski definition) is 2. The minimum Gasteiger partial charge on any atom is -0.331 e. The van der Waals surface area contributed by atoms with E-state index in [1.165, 1.54) is 16.9 Å². The molecular formula is C33H36N8O. The molecule has 2 N–H and O–H groups in total. The van der Waals surface area contributed by atoms with Crippen molar-refractivity contribution in [3.05, 3.63) is 90.8 Å². The van der Waals surface area contributed by atoms with Gasteiger partial charge in [0, 0.05) is 56.0 Å². The van der Waals surface area contributed by atoms with Gasteiger partial charge in [-0.2, -0.15) is 0 Å². The second-order valence-corrected chi connectivity index (χ2v) is 11.2. The molecule has 214 valence electrons. The molecule has 0 spiro atoms. The van der Waals surface area contributed by atoms with E-state index in [2.05, 4.69) is 58.6 Å². The average molecular weight is 561 g/mol. The Bertz CT molecular complexity index is 1710. The van der Waals surface area contributed by atoms with Crippen LogP contribution in [0.5, 0.6) is 0 Å². The Hall–Kier alpha value is -4.76. The number of carbonyl (C=O) groups is 1. The highest BCUT2D eigenvalue weighted by atomic mass is 16.2. The number of benzene rings is 2. The molecule has 0 bridgehead atoms. The summed E-state index contributed by atoms with van der Waals surface area (Å²) in [6.07, 6.45) is 4.94. The number of nitrogens with zero attached hydrogens (tertiary/aromatic N) is 6. The fraction of sp³-hybridized carbons (Fsp3) is 0.273. The van der Waals surface area contributed by atoms with E-state index in [0.717, 1.165) is 47.1 Å². The number of amides is 2. The maximum atomic E-state index is 12.3. The van der Waals surface area contributed by atoms with Crippen LogP contribution in [0.3, 0.4) is 0 Å². The Morgan fingerprint density at radius 3 is 2.57 bits per heavy atom. The maximum absolute atomic E-state index is 12.3. The third kappa shape index (κ3) is 5.69. The third-order valence-electron chi connectivity index (χ3n) is 7.81. The molecule has 1 saturated heterocycles. The molecule has 2 amide bonds. The predicted molar refractivity (Wildman–Crippen MR) is 168 cm³/mol. The molecule has 5 aromatic rings. The highest BCUT2D eigenvalue weighted by Crippen LogP contribution is 2.34. The maximum Gasteiger partial charge on any atom is 0.321 e. The number of carbonyl (C=O) groups excluding carboxylic acids is 1. The number of nitrogens with one attached hydrogen (secondary N) is 2. The zero-order valence-electron chi connectivity index (χ0n) is 24.5.